The van der Waals surface area contributed by atoms with E-state index in [-0.39, 0.29) is 34.4 Å². The van der Waals surface area contributed by atoms with Crippen LogP contribution in [0.5, 0.6) is 0 Å². The lowest BCUT2D eigenvalue weighted by atomic mass is 10.3. The van der Waals surface area contributed by atoms with Crippen LogP contribution in [0.2, 0.25) is 0 Å². The second-order valence-corrected chi connectivity index (χ2v) is 11.7. The van der Waals surface area contributed by atoms with Crippen molar-refractivity contribution in [2.75, 3.05) is 39.3 Å². The first-order valence-electron chi connectivity index (χ1n) is 12.0. The van der Waals surface area contributed by atoms with Crippen LogP contribution in [0, 0.1) is 0 Å². The first kappa shape index (κ1) is 23.7. The van der Waals surface area contributed by atoms with Gasteiger partial charge in [-0.25, -0.2) is 0 Å². The van der Waals surface area contributed by atoms with Crippen molar-refractivity contribution in [2.45, 2.75) is 75.0 Å². The van der Waals surface area contributed by atoms with Gasteiger partial charge in [0.2, 0.25) is 23.6 Å². The highest BCUT2D eigenvalue weighted by molar-refractivity contribution is 8.77. The largest absolute Gasteiger partial charge is 0.343 e. The highest BCUT2D eigenvalue weighted by Gasteiger charge is 2.34. The van der Waals surface area contributed by atoms with Gasteiger partial charge in [0.25, 0.3) is 0 Å². The summed E-state index contributed by atoms with van der Waals surface area (Å²) in [6, 6.07) is 0. The van der Waals surface area contributed by atoms with Gasteiger partial charge in [0.05, 0.1) is 10.7 Å². The van der Waals surface area contributed by atoms with Gasteiger partial charge >= 0.3 is 0 Å². The van der Waals surface area contributed by atoms with Crippen molar-refractivity contribution in [1.82, 2.24) is 19.6 Å². The maximum Gasteiger partial charge on any atom is 0.223 e. The van der Waals surface area contributed by atoms with E-state index < -0.39 is 0 Å². The van der Waals surface area contributed by atoms with E-state index in [2.05, 4.69) is 0 Å². The Bertz CT molecular complexity index is 677. The SMILES string of the molecule is O=C1CCCN1CCC(SSC(CCN1CCCC1=O)N1CCCC1=O)N1CCCC1=O. The van der Waals surface area contributed by atoms with Gasteiger partial charge in [-0.2, -0.15) is 0 Å². The normalized spacial score (nSPS) is 23.9. The summed E-state index contributed by atoms with van der Waals surface area (Å²) in [5.41, 5.74) is 0. The highest BCUT2D eigenvalue weighted by atomic mass is 33.1. The van der Waals surface area contributed by atoms with Gasteiger partial charge in [-0.1, -0.05) is 21.6 Å². The first-order valence-corrected chi connectivity index (χ1v) is 14.3. The second-order valence-electron chi connectivity index (χ2n) is 9.03. The molecule has 10 heteroatoms. The number of carbonyl (C=O) groups is 4. The van der Waals surface area contributed by atoms with Crippen molar-refractivity contribution in [3.8, 4) is 0 Å². The Labute approximate surface area is 198 Å². The Balaban J connectivity index is 1.38. The Morgan fingerprint density at radius 3 is 1.25 bits per heavy atom. The number of likely N-dealkylation sites (tertiary alicyclic amines) is 4. The number of hydrogen-bond donors (Lipinski definition) is 0. The monoisotopic (exact) mass is 482 g/mol. The maximum atomic E-state index is 12.5. The fourth-order valence-electron chi connectivity index (χ4n) is 5.00. The van der Waals surface area contributed by atoms with Crippen molar-refractivity contribution < 1.29 is 19.2 Å². The van der Waals surface area contributed by atoms with Crippen molar-refractivity contribution in [3.05, 3.63) is 0 Å². The summed E-state index contributed by atoms with van der Waals surface area (Å²) >= 11 is 0. The number of hydrogen-bond acceptors (Lipinski definition) is 6. The van der Waals surface area contributed by atoms with Gasteiger partial charge in [0.1, 0.15) is 0 Å². The van der Waals surface area contributed by atoms with E-state index in [9.17, 15) is 19.2 Å². The highest BCUT2D eigenvalue weighted by Crippen LogP contribution is 2.40. The molecule has 2 atom stereocenters. The topological polar surface area (TPSA) is 81.2 Å². The molecule has 0 aromatic heterocycles. The summed E-state index contributed by atoms with van der Waals surface area (Å²) in [6.07, 6.45) is 7.55. The molecule has 4 saturated heterocycles. The van der Waals surface area contributed by atoms with Crippen molar-refractivity contribution in [2.24, 2.45) is 0 Å². The standard InChI is InChI=1S/C22H34N4O4S2/c27-17-5-1-11-23(17)15-9-21(25-13-3-7-19(25)29)31-32-22(26-14-4-8-20(26)30)10-16-24-12-2-6-18(24)28/h21-22H,1-16H2. The van der Waals surface area contributed by atoms with Crippen molar-refractivity contribution >= 4 is 45.2 Å². The molecule has 4 rings (SSSR count). The van der Waals surface area contributed by atoms with Crippen LogP contribution in [0.4, 0.5) is 0 Å². The third-order valence-electron chi connectivity index (χ3n) is 6.83. The molecule has 4 aliphatic rings. The molecule has 0 aromatic carbocycles. The van der Waals surface area contributed by atoms with E-state index >= 15 is 0 Å². The molecular formula is C22H34N4O4S2. The third kappa shape index (κ3) is 5.73. The minimum atomic E-state index is -0.00276. The molecule has 8 nitrogen and oxygen atoms in total. The van der Waals surface area contributed by atoms with Crippen LogP contribution in [0.25, 0.3) is 0 Å². The van der Waals surface area contributed by atoms with Crippen LogP contribution < -0.4 is 0 Å². The van der Waals surface area contributed by atoms with Gasteiger partial charge in [0, 0.05) is 65.0 Å². The molecule has 0 spiro atoms. The predicted octanol–water partition coefficient (Wildman–Crippen LogP) is 2.29. The average molecular weight is 483 g/mol. The summed E-state index contributed by atoms with van der Waals surface area (Å²) in [5.74, 6) is 0.801. The summed E-state index contributed by atoms with van der Waals surface area (Å²) in [4.78, 5) is 56.8. The van der Waals surface area contributed by atoms with Gasteiger partial charge in [-0.3, -0.25) is 19.2 Å². The van der Waals surface area contributed by atoms with Crippen LogP contribution in [-0.2, 0) is 19.2 Å². The summed E-state index contributed by atoms with van der Waals surface area (Å²) in [7, 11) is 3.35. The molecule has 4 amide bonds. The molecule has 0 N–H and O–H groups in total. The zero-order valence-corrected chi connectivity index (χ0v) is 20.3. The zero-order valence-electron chi connectivity index (χ0n) is 18.7. The molecule has 178 valence electrons. The van der Waals surface area contributed by atoms with Crippen LogP contribution in [0.1, 0.15) is 64.2 Å². The molecule has 4 fully saturated rings. The van der Waals surface area contributed by atoms with Gasteiger partial charge in [0.15, 0.2) is 0 Å². The lowest BCUT2D eigenvalue weighted by Gasteiger charge is -2.33. The minimum absolute atomic E-state index is 0.00276. The molecule has 32 heavy (non-hydrogen) atoms. The fraction of sp³-hybridized carbons (Fsp3) is 0.818. The summed E-state index contributed by atoms with van der Waals surface area (Å²) < 4.78 is 0. The number of nitrogens with zero attached hydrogens (tertiary/aromatic N) is 4. The van der Waals surface area contributed by atoms with E-state index in [1.807, 2.05) is 19.6 Å². The lowest BCUT2D eigenvalue weighted by Crippen LogP contribution is -2.39. The predicted molar refractivity (Wildman–Crippen MR) is 126 cm³/mol. The number of carbonyl (C=O) groups excluding carboxylic acids is 4. The third-order valence-corrected chi connectivity index (χ3v) is 10.0. The van der Waals surface area contributed by atoms with Gasteiger partial charge in [-0.15, -0.1) is 0 Å². The Morgan fingerprint density at radius 1 is 0.562 bits per heavy atom. The van der Waals surface area contributed by atoms with E-state index in [0.29, 0.717) is 38.8 Å². The molecule has 0 aromatic rings. The quantitative estimate of drug-likeness (QED) is 0.421. The molecule has 4 aliphatic heterocycles. The maximum absolute atomic E-state index is 12.5. The Kier molecular flexibility index (Phi) is 8.26. The van der Waals surface area contributed by atoms with Crippen LogP contribution in [0.3, 0.4) is 0 Å². The molecular weight excluding hydrogens is 448 g/mol. The van der Waals surface area contributed by atoms with Crippen LogP contribution in [-0.4, -0.2) is 93.2 Å². The molecule has 4 heterocycles. The molecule has 0 bridgehead atoms. The fourth-order valence-corrected chi connectivity index (χ4v) is 8.28. The summed E-state index contributed by atoms with van der Waals surface area (Å²) in [5, 5.41) is -0.00551. The average Bonchev–Trinajstić information content (AvgIpc) is 3.56. The molecule has 0 radical (unpaired) electrons. The zero-order chi connectivity index (χ0) is 22.5. The number of rotatable bonds is 11. The Hall–Kier alpha value is -1.42. The smallest absolute Gasteiger partial charge is 0.223 e. The van der Waals surface area contributed by atoms with E-state index in [0.717, 1.165) is 64.7 Å². The molecule has 0 aliphatic carbocycles. The molecule has 0 saturated carbocycles. The minimum Gasteiger partial charge on any atom is -0.343 e. The van der Waals surface area contributed by atoms with E-state index in [1.54, 1.807) is 21.6 Å². The second kappa shape index (κ2) is 11.1. The Morgan fingerprint density at radius 2 is 0.938 bits per heavy atom. The van der Waals surface area contributed by atoms with Crippen LogP contribution >= 0.6 is 21.6 Å². The lowest BCUT2D eigenvalue weighted by molar-refractivity contribution is -0.130. The van der Waals surface area contributed by atoms with Crippen molar-refractivity contribution in [3.63, 3.8) is 0 Å². The van der Waals surface area contributed by atoms with Crippen molar-refractivity contribution in [1.29, 1.82) is 0 Å². The van der Waals surface area contributed by atoms with E-state index in [1.165, 1.54) is 0 Å². The van der Waals surface area contributed by atoms with E-state index in [4.69, 9.17) is 0 Å². The van der Waals surface area contributed by atoms with Gasteiger partial charge < -0.3 is 19.6 Å². The van der Waals surface area contributed by atoms with Crippen LogP contribution in [0.15, 0.2) is 0 Å². The molecule has 2 unspecified atom stereocenters. The summed E-state index contributed by atoms with van der Waals surface area (Å²) in [6.45, 7) is 4.51. The van der Waals surface area contributed by atoms with Gasteiger partial charge in [-0.05, 0) is 38.5 Å². The number of amides is 4. The first-order chi connectivity index (χ1) is 15.5.